The van der Waals surface area contributed by atoms with E-state index in [4.69, 9.17) is 40.2 Å². The Morgan fingerprint density at radius 3 is 2.67 bits per heavy atom. The molecule has 1 saturated heterocycles. The van der Waals surface area contributed by atoms with Gasteiger partial charge in [-0.25, -0.2) is 0 Å². The minimum Gasteiger partial charge on any atom is -0.465 e. The molecule has 6 nitrogen and oxygen atoms in total. The molecule has 1 aliphatic rings. The zero-order valence-corrected chi connectivity index (χ0v) is 20.8. The number of nitrogens with one attached hydrogen (secondary N) is 1. The van der Waals surface area contributed by atoms with E-state index in [0.29, 0.717) is 21.8 Å². The van der Waals surface area contributed by atoms with Crippen molar-refractivity contribution in [1.29, 1.82) is 0 Å². The minimum absolute atomic E-state index is 0.0407. The van der Waals surface area contributed by atoms with Gasteiger partial charge in [0.25, 0.3) is 0 Å². The molecule has 1 aliphatic heterocycles. The van der Waals surface area contributed by atoms with Crippen LogP contribution in [-0.4, -0.2) is 38.7 Å². The van der Waals surface area contributed by atoms with Gasteiger partial charge >= 0.3 is 5.97 Å². The first-order valence-corrected chi connectivity index (χ1v) is 11.8. The smallest absolute Gasteiger partial charge is 0.325 e. The summed E-state index contributed by atoms with van der Waals surface area (Å²) in [5, 5.41) is 4.98. The van der Waals surface area contributed by atoms with Crippen molar-refractivity contribution in [2.45, 2.75) is 32.9 Å². The molecule has 2 atom stereocenters. The fourth-order valence-corrected chi connectivity index (χ4v) is 5.18. The van der Waals surface area contributed by atoms with Gasteiger partial charge in [0.2, 0.25) is 0 Å². The van der Waals surface area contributed by atoms with Crippen LogP contribution in [0.4, 0.5) is 0 Å². The van der Waals surface area contributed by atoms with E-state index >= 15 is 0 Å². The Morgan fingerprint density at radius 2 is 2.00 bits per heavy atom. The third-order valence-corrected chi connectivity index (χ3v) is 6.63. The maximum atomic E-state index is 12.4. The van der Waals surface area contributed by atoms with Gasteiger partial charge < -0.3 is 19.5 Å². The van der Waals surface area contributed by atoms with E-state index in [1.54, 1.807) is 19.2 Å². The van der Waals surface area contributed by atoms with E-state index in [9.17, 15) is 4.79 Å². The second-order valence-electron chi connectivity index (χ2n) is 7.82. The molecule has 33 heavy (non-hydrogen) atoms. The summed E-state index contributed by atoms with van der Waals surface area (Å²) in [6, 6.07) is 12.8. The monoisotopic (exact) mass is 502 g/mol. The molecule has 0 radical (unpaired) electrons. The molecular weight excluding hydrogens is 479 g/mol. The number of rotatable bonds is 6. The Balaban J connectivity index is 1.83. The van der Waals surface area contributed by atoms with Crippen molar-refractivity contribution in [3.05, 3.63) is 81.4 Å². The van der Waals surface area contributed by atoms with Crippen molar-refractivity contribution in [2.75, 3.05) is 13.2 Å². The SMILES string of the molecule is CCOC(=O)CN1C(=S)NC(c2ccccn2)C1c1cc(C)n(-c2ccc(Cl)cc2Cl)c1C. The molecule has 2 aromatic heterocycles. The van der Waals surface area contributed by atoms with Gasteiger partial charge in [0.05, 0.1) is 35.1 Å². The summed E-state index contributed by atoms with van der Waals surface area (Å²) in [5.41, 5.74) is 4.68. The average Bonchev–Trinajstić information content (AvgIpc) is 3.25. The molecule has 0 aliphatic carbocycles. The van der Waals surface area contributed by atoms with E-state index in [1.807, 2.05) is 49.1 Å². The number of carbonyl (C=O) groups excluding carboxylic acids is 1. The first-order chi connectivity index (χ1) is 15.8. The fraction of sp³-hybridized carbons (Fsp3) is 0.292. The quantitative estimate of drug-likeness (QED) is 0.363. The van der Waals surface area contributed by atoms with Gasteiger partial charge in [0, 0.05) is 22.6 Å². The maximum Gasteiger partial charge on any atom is 0.325 e. The zero-order valence-electron chi connectivity index (χ0n) is 18.5. The number of halogens is 2. The number of esters is 1. The molecule has 2 unspecified atom stereocenters. The van der Waals surface area contributed by atoms with Gasteiger partial charge in [-0.1, -0.05) is 29.3 Å². The number of aromatic nitrogens is 2. The first-order valence-electron chi connectivity index (χ1n) is 10.6. The Kier molecular flexibility index (Phi) is 6.93. The molecule has 172 valence electrons. The number of benzene rings is 1. The second-order valence-corrected chi connectivity index (χ2v) is 9.05. The van der Waals surface area contributed by atoms with Crippen LogP contribution in [0.3, 0.4) is 0 Å². The van der Waals surface area contributed by atoms with Crippen LogP contribution in [0.1, 0.15) is 41.7 Å². The molecule has 3 aromatic rings. The van der Waals surface area contributed by atoms with Gasteiger partial charge in [0.15, 0.2) is 5.11 Å². The Labute approximate surface area is 208 Å². The Morgan fingerprint density at radius 1 is 1.21 bits per heavy atom. The fourth-order valence-electron chi connectivity index (χ4n) is 4.38. The lowest BCUT2D eigenvalue weighted by Gasteiger charge is -2.27. The number of pyridine rings is 1. The highest BCUT2D eigenvalue weighted by Crippen LogP contribution is 2.41. The molecule has 0 spiro atoms. The standard InChI is InChI=1S/C24H24Cl2N4O2S/c1-4-32-21(31)13-29-23(22(28-24(29)33)19-7-5-6-10-27-19)17-11-14(2)30(15(17)3)20-9-8-16(25)12-18(20)26/h5-12,22-23H,4,13H2,1-3H3,(H,28,33). The van der Waals surface area contributed by atoms with Gasteiger partial charge in [-0.2, -0.15) is 0 Å². The number of ether oxygens (including phenoxy) is 1. The third kappa shape index (κ3) is 4.58. The lowest BCUT2D eigenvalue weighted by atomic mass is 9.97. The van der Waals surface area contributed by atoms with Crippen LogP contribution in [0.15, 0.2) is 48.7 Å². The minimum atomic E-state index is -0.331. The van der Waals surface area contributed by atoms with E-state index in [1.165, 1.54) is 0 Å². The first kappa shape index (κ1) is 23.5. The summed E-state index contributed by atoms with van der Waals surface area (Å²) in [6.07, 6.45) is 1.75. The lowest BCUT2D eigenvalue weighted by molar-refractivity contribution is -0.143. The lowest BCUT2D eigenvalue weighted by Crippen LogP contribution is -2.35. The Bertz CT molecular complexity index is 1200. The van der Waals surface area contributed by atoms with E-state index in [2.05, 4.69) is 20.9 Å². The van der Waals surface area contributed by atoms with Gasteiger partial charge in [-0.05, 0) is 75.0 Å². The second kappa shape index (κ2) is 9.71. The van der Waals surface area contributed by atoms with Crippen molar-refractivity contribution < 1.29 is 9.53 Å². The molecule has 0 bridgehead atoms. The summed E-state index contributed by atoms with van der Waals surface area (Å²) in [7, 11) is 0. The highest BCUT2D eigenvalue weighted by atomic mass is 35.5. The van der Waals surface area contributed by atoms with Gasteiger partial charge in [-0.3, -0.25) is 9.78 Å². The molecule has 3 heterocycles. The molecule has 1 N–H and O–H groups in total. The summed E-state index contributed by atoms with van der Waals surface area (Å²) in [6.45, 7) is 6.19. The molecule has 0 amide bonds. The van der Waals surface area contributed by atoms with Crippen LogP contribution < -0.4 is 5.32 Å². The normalized spacial score (nSPS) is 17.8. The van der Waals surface area contributed by atoms with Crippen LogP contribution in [0.25, 0.3) is 5.69 Å². The predicted molar refractivity (Wildman–Crippen MR) is 134 cm³/mol. The van der Waals surface area contributed by atoms with Crippen molar-refractivity contribution in [3.63, 3.8) is 0 Å². The highest BCUT2D eigenvalue weighted by molar-refractivity contribution is 7.80. The summed E-state index contributed by atoms with van der Waals surface area (Å²) >= 11 is 18.3. The van der Waals surface area contributed by atoms with Crippen LogP contribution in [0, 0.1) is 13.8 Å². The van der Waals surface area contributed by atoms with Crippen LogP contribution in [0.2, 0.25) is 10.0 Å². The number of hydrogen-bond donors (Lipinski definition) is 1. The van der Waals surface area contributed by atoms with Crippen LogP contribution in [0.5, 0.6) is 0 Å². The van der Waals surface area contributed by atoms with E-state index in [-0.39, 0.29) is 24.6 Å². The maximum absolute atomic E-state index is 12.4. The van der Waals surface area contributed by atoms with Crippen molar-refractivity contribution in [1.82, 2.24) is 19.8 Å². The average molecular weight is 503 g/mol. The number of aryl methyl sites for hydroxylation is 1. The topological polar surface area (TPSA) is 59.4 Å². The van der Waals surface area contributed by atoms with Crippen LogP contribution >= 0.6 is 35.4 Å². The van der Waals surface area contributed by atoms with Crippen molar-refractivity contribution in [3.8, 4) is 5.69 Å². The third-order valence-electron chi connectivity index (χ3n) is 5.74. The summed E-state index contributed by atoms with van der Waals surface area (Å²) in [5.74, 6) is -0.331. The molecule has 1 fully saturated rings. The van der Waals surface area contributed by atoms with Crippen molar-refractivity contribution in [2.24, 2.45) is 0 Å². The van der Waals surface area contributed by atoms with E-state index < -0.39 is 0 Å². The molecule has 1 aromatic carbocycles. The van der Waals surface area contributed by atoms with Gasteiger partial charge in [-0.15, -0.1) is 0 Å². The predicted octanol–water partition coefficient (Wildman–Crippen LogP) is 5.33. The summed E-state index contributed by atoms with van der Waals surface area (Å²) < 4.78 is 7.30. The van der Waals surface area contributed by atoms with Gasteiger partial charge in [0.1, 0.15) is 6.54 Å². The highest BCUT2D eigenvalue weighted by Gasteiger charge is 2.42. The number of hydrogen-bond acceptors (Lipinski definition) is 4. The van der Waals surface area contributed by atoms with E-state index in [0.717, 1.165) is 28.3 Å². The molecule has 0 saturated carbocycles. The number of carbonyl (C=O) groups is 1. The largest absolute Gasteiger partial charge is 0.465 e. The molecular formula is C24H24Cl2N4O2S. The summed E-state index contributed by atoms with van der Waals surface area (Å²) in [4.78, 5) is 18.8. The molecule has 9 heteroatoms. The number of nitrogens with zero attached hydrogens (tertiary/aromatic N) is 3. The zero-order chi connectivity index (χ0) is 23.7. The van der Waals surface area contributed by atoms with Crippen LogP contribution in [-0.2, 0) is 9.53 Å². The molecule has 4 rings (SSSR count). The Hall–Kier alpha value is -2.61. The number of thiocarbonyl (C=S) groups is 1. The van der Waals surface area contributed by atoms with Crippen molar-refractivity contribution >= 4 is 46.5 Å².